The van der Waals surface area contributed by atoms with Crippen molar-refractivity contribution in [3.05, 3.63) is 23.9 Å². The fourth-order valence-electron chi connectivity index (χ4n) is 4.75. The number of morpholine rings is 1. The lowest BCUT2D eigenvalue weighted by atomic mass is 9.89. The number of benzene rings is 1. The maximum absolute atomic E-state index is 13.1. The third kappa shape index (κ3) is 3.98. The largest absolute Gasteiger partial charge is 0.508 e. The Morgan fingerprint density at radius 2 is 2.03 bits per heavy atom. The molecule has 7 nitrogen and oxygen atoms in total. The number of hydrogen-bond acceptors (Lipinski definition) is 5. The van der Waals surface area contributed by atoms with Crippen LogP contribution in [0.4, 0.5) is 0 Å². The van der Waals surface area contributed by atoms with Gasteiger partial charge in [-0.3, -0.25) is 14.4 Å². The number of phenols is 1. The van der Waals surface area contributed by atoms with Crippen LogP contribution in [0.5, 0.6) is 5.75 Å². The van der Waals surface area contributed by atoms with Crippen LogP contribution in [0, 0.1) is 0 Å². The molecule has 29 heavy (non-hydrogen) atoms. The molecule has 158 valence electrons. The molecule has 2 atom stereocenters. The number of rotatable bonds is 6. The maximum Gasteiger partial charge on any atom is 0.272 e. The van der Waals surface area contributed by atoms with Gasteiger partial charge in [0, 0.05) is 35.6 Å². The van der Waals surface area contributed by atoms with Crippen LogP contribution >= 0.6 is 0 Å². The highest BCUT2D eigenvalue weighted by atomic mass is 16.5. The van der Waals surface area contributed by atoms with Crippen LogP contribution in [-0.4, -0.2) is 63.6 Å². The molecule has 1 aromatic heterocycles. The van der Waals surface area contributed by atoms with E-state index in [9.17, 15) is 9.90 Å². The normalized spacial score (nSPS) is 24.9. The SMILES string of the molecule is CCCCN1C2COCC1CC(NC(=O)c1nn(C(C)C)c3cc(O)ccc13)C2. The fraction of sp³-hybridized carbons (Fsp3) is 0.636. The molecular weight excluding hydrogens is 368 g/mol. The van der Waals surface area contributed by atoms with E-state index in [-0.39, 0.29) is 23.7 Å². The van der Waals surface area contributed by atoms with Crippen LogP contribution in [0.15, 0.2) is 18.2 Å². The molecule has 0 saturated carbocycles. The van der Waals surface area contributed by atoms with Crippen molar-refractivity contribution in [3.63, 3.8) is 0 Å². The van der Waals surface area contributed by atoms with Crippen LogP contribution in [0.2, 0.25) is 0 Å². The van der Waals surface area contributed by atoms with Gasteiger partial charge in [-0.05, 0) is 51.8 Å². The van der Waals surface area contributed by atoms with Gasteiger partial charge in [0.05, 0.1) is 18.7 Å². The molecule has 7 heteroatoms. The molecule has 4 rings (SSSR count). The van der Waals surface area contributed by atoms with E-state index < -0.39 is 0 Å². The van der Waals surface area contributed by atoms with E-state index >= 15 is 0 Å². The number of unbranched alkanes of at least 4 members (excludes halogenated alkanes) is 1. The standard InChI is InChI=1S/C22H32N4O3/c1-4-5-8-25-16-9-15(10-17(25)13-29-12-16)23-22(28)21-19-7-6-18(27)11-20(19)26(24-21)14(2)3/h6-7,11,14-17,27H,4-5,8-10,12-13H2,1-3H3,(H,23,28). The summed E-state index contributed by atoms with van der Waals surface area (Å²) in [6.07, 6.45) is 4.22. The second-order valence-electron chi connectivity index (χ2n) is 8.67. The average Bonchev–Trinajstić information content (AvgIpc) is 3.05. The molecule has 2 aliphatic rings. The fourth-order valence-corrected chi connectivity index (χ4v) is 4.75. The zero-order valence-electron chi connectivity index (χ0n) is 17.6. The Bertz CT molecular complexity index is 864. The number of fused-ring (bicyclic) bond motifs is 3. The Kier molecular flexibility index (Phi) is 5.79. The van der Waals surface area contributed by atoms with Crippen LogP contribution in [0.1, 0.15) is 63.0 Å². The number of piperidine rings is 1. The molecule has 0 spiro atoms. The Hall–Kier alpha value is -2.12. The Labute approximate surface area is 172 Å². The number of aromatic nitrogens is 2. The van der Waals surface area contributed by atoms with Gasteiger partial charge in [-0.25, -0.2) is 0 Å². The third-order valence-corrected chi connectivity index (χ3v) is 6.17. The van der Waals surface area contributed by atoms with Gasteiger partial charge in [0.1, 0.15) is 5.75 Å². The number of ether oxygens (including phenoxy) is 1. The van der Waals surface area contributed by atoms with Crippen LogP contribution in [-0.2, 0) is 4.74 Å². The molecule has 3 heterocycles. The molecule has 2 fully saturated rings. The van der Waals surface area contributed by atoms with Crippen molar-refractivity contribution in [2.75, 3.05) is 19.8 Å². The van der Waals surface area contributed by atoms with E-state index in [1.807, 2.05) is 13.8 Å². The van der Waals surface area contributed by atoms with Crippen LogP contribution in [0.25, 0.3) is 10.9 Å². The number of carbonyl (C=O) groups excluding carboxylic acids is 1. The van der Waals surface area contributed by atoms with Gasteiger partial charge < -0.3 is 15.2 Å². The van der Waals surface area contributed by atoms with Gasteiger partial charge in [-0.2, -0.15) is 5.10 Å². The number of aromatic hydroxyl groups is 1. The molecule has 2 saturated heterocycles. The minimum atomic E-state index is -0.133. The first-order valence-electron chi connectivity index (χ1n) is 10.8. The predicted octanol–water partition coefficient (Wildman–Crippen LogP) is 3.08. The lowest BCUT2D eigenvalue weighted by Crippen LogP contribution is -2.60. The first-order valence-corrected chi connectivity index (χ1v) is 10.8. The zero-order valence-corrected chi connectivity index (χ0v) is 17.6. The summed E-state index contributed by atoms with van der Waals surface area (Å²) in [6.45, 7) is 8.87. The molecule has 1 amide bonds. The minimum absolute atomic E-state index is 0.0964. The van der Waals surface area contributed by atoms with E-state index in [1.54, 1.807) is 22.9 Å². The van der Waals surface area contributed by atoms with Crippen LogP contribution in [0.3, 0.4) is 0 Å². The molecule has 2 bridgehead atoms. The zero-order chi connectivity index (χ0) is 20.5. The third-order valence-electron chi connectivity index (χ3n) is 6.17. The summed E-state index contributed by atoms with van der Waals surface area (Å²) in [5, 5.41) is 18.5. The van der Waals surface area contributed by atoms with Gasteiger partial charge >= 0.3 is 0 Å². The summed E-state index contributed by atoms with van der Waals surface area (Å²) in [4.78, 5) is 15.7. The maximum atomic E-state index is 13.1. The van der Waals surface area contributed by atoms with Crippen molar-refractivity contribution in [1.29, 1.82) is 0 Å². The summed E-state index contributed by atoms with van der Waals surface area (Å²) in [6, 6.07) is 6.05. The van der Waals surface area contributed by atoms with Crippen LogP contribution < -0.4 is 5.32 Å². The lowest BCUT2D eigenvalue weighted by molar-refractivity contribution is -0.0802. The summed E-state index contributed by atoms with van der Waals surface area (Å²) in [5.74, 6) is 0.0459. The molecule has 0 radical (unpaired) electrons. The van der Waals surface area contributed by atoms with Gasteiger partial charge in [-0.1, -0.05) is 13.3 Å². The van der Waals surface area contributed by atoms with E-state index in [4.69, 9.17) is 4.74 Å². The predicted molar refractivity (Wildman–Crippen MR) is 112 cm³/mol. The highest BCUT2D eigenvalue weighted by Crippen LogP contribution is 2.29. The smallest absolute Gasteiger partial charge is 0.272 e. The topological polar surface area (TPSA) is 79.6 Å². The summed E-state index contributed by atoms with van der Waals surface area (Å²) >= 11 is 0. The van der Waals surface area contributed by atoms with Crippen molar-refractivity contribution >= 4 is 16.8 Å². The van der Waals surface area contributed by atoms with Gasteiger partial charge in [0.25, 0.3) is 5.91 Å². The number of hydrogen-bond donors (Lipinski definition) is 2. The monoisotopic (exact) mass is 400 g/mol. The van der Waals surface area contributed by atoms with Crippen molar-refractivity contribution in [1.82, 2.24) is 20.0 Å². The molecule has 2 aromatic rings. The number of nitrogens with one attached hydrogen (secondary N) is 1. The summed E-state index contributed by atoms with van der Waals surface area (Å²) < 4.78 is 7.59. The minimum Gasteiger partial charge on any atom is -0.508 e. The number of phenolic OH excluding ortho intramolecular Hbond substituents is 1. The average molecular weight is 401 g/mol. The molecule has 2 unspecified atom stereocenters. The van der Waals surface area contributed by atoms with E-state index in [1.165, 1.54) is 12.8 Å². The molecule has 2 aliphatic heterocycles. The highest BCUT2D eigenvalue weighted by molar-refractivity contribution is 6.05. The van der Waals surface area contributed by atoms with E-state index in [2.05, 4.69) is 22.2 Å². The van der Waals surface area contributed by atoms with Gasteiger partial charge in [0.15, 0.2) is 5.69 Å². The first-order chi connectivity index (χ1) is 14.0. The molecular formula is C22H32N4O3. The molecule has 2 N–H and O–H groups in total. The number of nitrogens with zero attached hydrogens (tertiary/aromatic N) is 3. The lowest BCUT2D eigenvalue weighted by Gasteiger charge is -2.48. The molecule has 0 aliphatic carbocycles. The van der Waals surface area contributed by atoms with Gasteiger partial charge in [-0.15, -0.1) is 0 Å². The Morgan fingerprint density at radius 1 is 1.31 bits per heavy atom. The quantitative estimate of drug-likeness (QED) is 0.779. The molecule has 1 aromatic carbocycles. The summed E-state index contributed by atoms with van der Waals surface area (Å²) in [7, 11) is 0. The number of carbonyl (C=O) groups is 1. The van der Waals surface area contributed by atoms with E-state index in [0.29, 0.717) is 17.8 Å². The van der Waals surface area contributed by atoms with E-state index in [0.717, 1.165) is 43.5 Å². The number of amides is 1. The summed E-state index contributed by atoms with van der Waals surface area (Å²) in [5.41, 5.74) is 1.22. The second-order valence-corrected chi connectivity index (χ2v) is 8.67. The second kappa shape index (κ2) is 8.32. The Balaban J connectivity index is 1.52. The first kappa shape index (κ1) is 20.2. The van der Waals surface area contributed by atoms with Crippen molar-refractivity contribution < 1.29 is 14.6 Å². The highest BCUT2D eigenvalue weighted by Gasteiger charge is 2.39. The van der Waals surface area contributed by atoms with Gasteiger partial charge in [0.2, 0.25) is 0 Å². The Morgan fingerprint density at radius 3 is 2.69 bits per heavy atom. The van der Waals surface area contributed by atoms with Crippen molar-refractivity contribution in [2.45, 2.75) is 70.6 Å². The van der Waals surface area contributed by atoms with Crippen molar-refractivity contribution in [3.8, 4) is 5.75 Å². The van der Waals surface area contributed by atoms with Crippen molar-refractivity contribution in [2.24, 2.45) is 0 Å².